The summed E-state index contributed by atoms with van der Waals surface area (Å²) in [5.74, 6) is -1.05. The average Bonchev–Trinajstić information content (AvgIpc) is 3.14. The molecule has 0 aliphatic heterocycles. The zero-order valence-corrected chi connectivity index (χ0v) is 20.2. The Morgan fingerprint density at radius 1 is 1.03 bits per heavy atom. The number of sulfone groups is 1. The summed E-state index contributed by atoms with van der Waals surface area (Å²) in [5, 5.41) is -0.0166. The van der Waals surface area contributed by atoms with Gasteiger partial charge in [0, 0.05) is 12.6 Å². The number of carbonyl (C=O) groups is 1. The lowest BCUT2D eigenvalue weighted by molar-refractivity contribution is 0.0680. The van der Waals surface area contributed by atoms with Crippen molar-refractivity contribution >= 4 is 15.7 Å². The molecule has 0 saturated carbocycles. The fourth-order valence-electron chi connectivity index (χ4n) is 3.64. The van der Waals surface area contributed by atoms with Crippen molar-refractivity contribution in [1.82, 2.24) is 14.5 Å². The summed E-state index contributed by atoms with van der Waals surface area (Å²) in [5.41, 5.74) is 1.25. The van der Waals surface area contributed by atoms with Gasteiger partial charge in [0.25, 0.3) is 5.91 Å². The monoisotopic (exact) mass is 471 g/mol. The van der Waals surface area contributed by atoms with Crippen LogP contribution in [0.4, 0.5) is 4.39 Å². The molecule has 176 valence electrons. The largest absolute Gasteiger partial charge is 0.330 e. The minimum absolute atomic E-state index is 0.0157. The molecule has 2 aromatic carbocycles. The maximum Gasteiger partial charge on any atom is 0.257 e. The van der Waals surface area contributed by atoms with Gasteiger partial charge in [0.05, 0.1) is 29.8 Å². The van der Waals surface area contributed by atoms with Crippen molar-refractivity contribution in [2.24, 2.45) is 5.92 Å². The van der Waals surface area contributed by atoms with E-state index >= 15 is 0 Å². The lowest BCUT2D eigenvalue weighted by Crippen LogP contribution is -2.37. The SMILES string of the molecule is CC(C)Cn1c(CN(C(=O)c2ccccc2F)C(C)C)cnc1S(=O)(=O)Cc1ccccc1. The van der Waals surface area contributed by atoms with E-state index in [9.17, 15) is 17.6 Å². The molecular formula is C25H30FN3O3S. The molecule has 0 N–H and O–H groups in total. The van der Waals surface area contributed by atoms with Gasteiger partial charge in [-0.3, -0.25) is 4.79 Å². The highest BCUT2D eigenvalue weighted by Crippen LogP contribution is 2.22. The Kier molecular flexibility index (Phi) is 7.68. The van der Waals surface area contributed by atoms with Crippen molar-refractivity contribution in [3.8, 4) is 0 Å². The summed E-state index contributed by atoms with van der Waals surface area (Å²) >= 11 is 0. The van der Waals surface area contributed by atoms with Gasteiger partial charge in [0.15, 0.2) is 0 Å². The lowest BCUT2D eigenvalue weighted by atomic mass is 10.1. The van der Waals surface area contributed by atoms with Crippen LogP contribution in [0.3, 0.4) is 0 Å². The number of rotatable bonds is 9. The Bertz CT molecular complexity index is 1200. The highest BCUT2D eigenvalue weighted by atomic mass is 32.2. The second kappa shape index (κ2) is 10.3. The topological polar surface area (TPSA) is 72.3 Å². The summed E-state index contributed by atoms with van der Waals surface area (Å²) in [7, 11) is -3.72. The van der Waals surface area contributed by atoms with Gasteiger partial charge >= 0.3 is 0 Å². The normalized spacial score (nSPS) is 11.8. The number of benzene rings is 2. The van der Waals surface area contributed by atoms with Crippen molar-refractivity contribution in [1.29, 1.82) is 0 Å². The van der Waals surface area contributed by atoms with Crippen LogP contribution in [-0.4, -0.2) is 34.8 Å². The Morgan fingerprint density at radius 2 is 1.67 bits per heavy atom. The van der Waals surface area contributed by atoms with E-state index in [0.29, 0.717) is 17.8 Å². The minimum Gasteiger partial charge on any atom is -0.330 e. The first-order chi connectivity index (χ1) is 15.6. The number of hydrogen-bond acceptors (Lipinski definition) is 4. The predicted molar refractivity (Wildman–Crippen MR) is 126 cm³/mol. The average molecular weight is 472 g/mol. The van der Waals surface area contributed by atoms with Crippen LogP contribution in [0.2, 0.25) is 0 Å². The smallest absolute Gasteiger partial charge is 0.257 e. The minimum atomic E-state index is -3.72. The molecule has 1 amide bonds. The maximum absolute atomic E-state index is 14.3. The van der Waals surface area contributed by atoms with E-state index in [2.05, 4.69) is 4.98 Å². The fraction of sp³-hybridized carbons (Fsp3) is 0.360. The number of carbonyl (C=O) groups excluding carboxylic acids is 1. The lowest BCUT2D eigenvalue weighted by Gasteiger charge is -2.28. The van der Waals surface area contributed by atoms with Gasteiger partial charge in [0.2, 0.25) is 15.0 Å². The summed E-state index contributed by atoms with van der Waals surface area (Å²) in [6.07, 6.45) is 1.50. The molecule has 0 unspecified atom stereocenters. The summed E-state index contributed by atoms with van der Waals surface area (Å²) in [6, 6.07) is 14.6. The number of nitrogens with zero attached hydrogens (tertiary/aromatic N) is 3. The maximum atomic E-state index is 14.3. The van der Waals surface area contributed by atoms with Gasteiger partial charge in [-0.1, -0.05) is 56.3 Å². The van der Waals surface area contributed by atoms with Crippen molar-refractivity contribution < 1.29 is 17.6 Å². The summed E-state index contributed by atoms with van der Waals surface area (Å²) in [4.78, 5) is 18.9. The van der Waals surface area contributed by atoms with Gasteiger partial charge in [0.1, 0.15) is 5.82 Å². The summed E-state index contributed by atoms with van der Waals surface area (Å²) in [6.45, 7) is 8.21. The van der Waals surface area contributed by atoms with E-state index in [4.69, 9.17) is 0 Å². The van der Waals surface area contributed by atoms with E-state index in [-0.39, 0.29) is 35.0 Å². The first-order valence-electron chi connectivity index (χ1n) is 11.0. The highest BCUT2D eigenvalue weighted by molar-refractivity contribution is 7.90. The first-order valence-corrected chi connectivity index (χ1v) is 12.6. The molecule has 3 aromatic rings. The van der Waals surface area contributed by atoms with Crippen LogP contribution < -0.4 is 0 Å². The molecule has 0 atom stereocenters. The third kappa shape index (κ3) is 5.87. The van der Waals surface area contributed by atoms with Crippen LogP contribution in [0.1, 0.15) is 49.3 Å². The van der Waals surface area contributed by atoms with Crippen LogP contribution in [0.25, 0.3) is 0 Å². The molecule has 1 heterocycles. The van der Waals surface area contributed by atoms with Crippen LogP contribution in [-0.2, 0) is 28.7 Å². The number of aromatic nitrogens is 2. The molecule has 6 nitrogen and oxygen atoms in total. The molecule has 33 heavy (non-hydrogen) atoms. The summed E-state index contributed by atoms with van der Waals surface area (Å²) < 4.78 is 42.4. The van der Waals surface area contributed by atoms with E-state index in [1.165, 1.54) is 29.3 Å². The Labute approximate surface area is 195 Å². The molecule has 0 fully saturated rings. The second-order valence-electron chi connectivity index (χ2n) is 8.79. The molecule has 0 aliphatic rings. The van der Waals surface area contributed by atoms with Crippen LogP contribution in [0.5, 0.6) is 0 Å². The fourth-order valence-corrected chi connectivity index (χ4v) is 5.14. The quantitative estimate of drug-likeness (QED) is 0.453. The molecular weight excluding hydrogens is 441 g/mol. The Balaban J connectivity index is 1.97. The molecule has 8 heteroatoms. The van der Waals surface area contributed by atoms with Crippen molar-refractivity contribution in [2.45, 2.75) is 57.7 Å². The Morgan fingerprint density at radius 3 is 2.27 bits per heavy atom. The predicted octanol–water partition coefficient (Wildman–Crippen LogP) is 4.70. The van der Waals surface area contributed by atoms with Crippen LogP contribution in [0, 0.1) is 11.7 Å². The zero-order valence-electron chi connectivity index (χ0n) is 19.4. The molecule has 0 radical (unpaired) electrons. The molecule has 1 aromatic heterocycles. The van der Waals surface area contributed by atoms with E-state index in [1.807, 2.05) is 33.8 Å². The number of imidazole rings is 1. The molecule has 3 rings (SSSR count). The van der Waals surface area contributed by atoms with Crippen molar-refractivity contribution in [3.05, 3.63) is 83.4 Å². The number of halogens is 1. The molecule has 0 spiro atoms. The third-order valence-corrected chi connectivity index (χ3v) is 6.84. The van der Waals surface area contributed by atoms with Gasteiger partial charge in [-0.2, -0.15) is 0 Å². The van der Waals surface area contributed by atoms with E-state index in [1.54, 1.807) is 34.9 Å². The molecule has 0 saturated heterocycles. The van der Waals surface area contributed by atoms with Gasteiger partial charge in [-0.05, 0) is 37.5 Å². The van der Waals surface area contributed by atoms with Gasteiger partial charge < -0.3 is 9.47 Å². The first kappa shape index (κ1) is 24.6. The standard InChI is InChI=1S/C25H30FN3O3S/c1-18(2)15-29-21(14-27-25(29)33(31,32)17-20-10-6-5-7-11-20)16-28(19(3)4)24(30)22-12-8-9-13-23(22)26/h5-14,18-19H,15-17H2,1-4H3. The highest BCUT2D eigenvalue weighted by Gasteiger charge is 2.28. The Hall–Kier alpha value is -3.00. The van der Waals surface area contributed by atoms with Crippen molar-refractivity contribution in [2.75, 3.05) is 0 Å². The van der Waals surface area contributed by atoms with Gasteiger partial charge in [-0.25, -0.2) is 17.8 Å². The number of hydrogen-bond donors (Lipinski definition) is 0. The third-order valence-electron chi connectivity index (χ3n) is 5.25. The van der Waals surface area contributed by atoms with Crippen LogP contribution >= 0.6 is 0 Å². The number of amides is 1. The zero-order chi connectivity index (χ0) is 24.2. The van der Waals surface area contributed by atoms with E-state index < -0.39 is 21.6 Å². The van der Waals surface area contributed by atoms with Gasteiger partial charge in [-0.15, -0.1) is 0 Å². The molecule has 0 bridgehead atoms. The molecule has 0 aliphatic carbocycles. The van der Waals surface area contributed by atoms with E-state index in [0.717, 1.165) is 0 Å². The second-order valence-corrected chi connectivity index (χ2v) is 10.7. The van der Waals surface area contributed by atoms with Crippen LogP contribution in [0.15, 0.2) is 66.0 Å². The van der Waals surface area contributed by atoms with Crippen molar-refractivity contribution in [3.63, 3.8) is 0 Å².